The number of ether oxygens (including phenoxy) is 6. The number of aliphatic hydroxyl groups is 3. The molecule has 5 aliphatic carbocycles. The maximum Gasteiger partial charge on any atom is 0.341 e. The molecule has 5 N–H and O–H groups in total. The number of epoxide rings is 2. The van der Waals surface area contributed by atoms with Crippen LogP contribution in [0.15, 0.2) is 0 Å². The average Bonchev–Trinajstić information content (AvgIpc) is 3.90. The van der Waals surface area contributed by atoms with Gasteiger partial charge in [-0.15, -0.1) is 0 Å². The molecule has 0 bridgehead atoms. The first-order chi connectivity index (χ1) is 23.2. The van der Waals surface area contributed by atoms with E-state index in [9.17, 15) is 29.7 Å². The third-order valence-electron chi connectivity index (χ3n) is 15.7. The van der Waals surface area contributed by atoms with Crippen molar-refractivity contribution in [1.29, 1.82) is 0 Å². The topological polar surface area (TPSA) is 200 Å². The quantitative estimate of drug-likeness (QED) is 0.135. The van der Waals surface area contributed by atoms with Crippen LogP contribution in [-0.2, 0) is 42.8 Å². The molecule has 0 amide bonds. The number of hydrogen-bond donors (Lipinski definition) is 4. The zero-order valence-electron chi connectivity index (χ0n) is 30.5. The highest BCUT2D eigenvalue weighted by Gasteiger charge is 2.93. The van der Waals surface area contributed by atoms with Crippen molar-refractivity contribution in [1.82, 2.24) is 0 Å². The fourth-order valence-electron chi connectivity index (χ4n) is 13.6. The number of esters is 3. The van der Waals surface area contributed by atoms with E-state index in [1.54, 1.807) is 6.92 Å². The Kier molecular flexibility index (Phi) is 7.48. The molecule has 21 atom stereocenters. The van der Waals surface area contributed by atoms with Crippen LogP contribution in [-0.4, -0.2) is 99.7 Å². The predicted molar refractivity (Wildman–Crippen MR) is 172 cm³/mol. The minimum absolute atomic E-state index is 0.105. The van der Waals surface area contributed by atoms with Gasteiger partial charge in [0, 0.05) is 49.0 Å². The predicted octanol–water partition coefficient (Wildman–Crippen LogP) is 1.66. The van der Waals surface area contributed by atoms with Gasteiger partial charge in [-0.25, -0.2) is 4.79 Å². The fraction of sp³-hybridized carbons (Fsp3) is 0.919. The van der Waals surface area contributed by atoms with Gasteiger partial charge in [0.25, 0.3) is 0 Å². The van der Waals surface area contributed by atoms with E-state index in [0.29, 0.717) is 19.3 Å². The lowest BCUT2D eigenvalue weighted by atomic mass is 9.41. The number of rotatable bonds is 6. The molecule has 50 heavy (non-hydrogen) atoms. The van der Waals surface area contributed by atoms with Crippen molar-refractivity contribution >= 4 is 17.9 Å². The standard InChI is InChI=1S/C37H55NO12/c1-13(2)10-21(41)48-31-28-19(47-28)11-18-26(38)27(42)22-17(33(18,31)6)12-20(45-15(4)39)34(7)23-14(3)30-37(49-30)35(8,36(9,44)32(43)50-37)25(23)29(24(22)34)46-16(5)40/h13-14,17-31,41-42,44H,10-12,38H2,1-9H3/t14-,17?,18+,19-,20-,21?,22?,23-,24+,25-,26-,27+,28-,29+,30+,31-,33+,34+,35-,36+,37-/m0/s1. The molecule has 0 aromatic rings. The number of carbonyl (C=O) groups is 3. The molecule has 1 spiro atoms. The SMILES string of the molecule is CC(=O)O[C@H]1[C@@H]2[C@H]([C@H](C)[C@H]3O[C@]34OC(=O)[C@@](C)(O)[C@]24C)[C@@]2(C)[C@@H](OC(C)=O)CC3C([C@@H](O)[C@@H](N)[C@H]4C[C@@H]5O[C@@H]5[C@H](OC(O)CC(C)C)[C@]34C)[C@H]12. The summed E-state index contributed by atoms with van der Waals surface area (Å²) < 4.78 is 37.7. The minimum Gasteiger partial charge on any atom is -0.462 e. The second-order valence-electron chi connectivity index (χ2n) is 18.3. The lowest BCUT2D eigenvalue weighted by molar-refractivity contribution is -0.268. The van der Waals surface area contributed by atoms with Gasteiger partial charge in [-0.2, -0.15) is 0 Å². The molecule has 8 aliphatic rings. The van der Waals surface area contributed by atoms with E-state index in [1.165, 1.54) is 20.8 Å². The summed E-state index contributed by atoms with van der Waals surface area (Å²) in [5.41, 5.74) is 2.06. The molecule has 5 saturated carbocycles. The summed E-state index contributed by atoms with van der Waals surface area (Å²) in [5.74, 6) is -6.24. The van der Waals surface area contributed by atoms with Gasteiger partial charge in [0.2, 0.25) is 5.79 Å². The number of fused-ring (bicyclic) bond motifs is 9. The normalized spacial score (nSPS) is 58.6. The molecular formula is C37H55NO12. The van der Waals surface area contributed by atoms with Crippen LogP contribution in [0.2, 0.25) is 0 Å². The number of aliphatic hydroxyl groups excluding tert-OH is 2. The van der Waals surface area contributed by atoms with E-state index in [1.807, 2.05) is 27.7 Å². The van der Waals surface area contributed by atoms with Gasteiger partial charge < -0.3 is 49.5 Å². The lowest BCUT2D eigenvalue weighted by Crippen LogP contribution is -2.72. The molecule has 3 saturated heterocycles. The Morgan fingerprint density at radius 3 is 2.28 bits per heavy atom. The van der Waals surface area contributed by atoms with E-state index in [-0.39, 0.29) is 35.9 Å². The highest BCUT2D eigenvalue weighted by molar-refractivity contribution is 5.84. The largest absolute Gasteiger partial charge is 0.462 e. The zero-order valence-corrected chi connectivity index (χ0v) is 30.5. The summed E-state index contributed by atoms with van der Waals surface area (Å²) in [6.07, 6.45) is -3.83. The average molecular weight is 706 g/mol. The molecule has 3 unspecified atom stereocenters. The van der Waals surface area contributed by atoms with Crippen LogP contribution in [0, 0.1) is 63.6 Å². The van der Waals surface area contributed by atoms with Crippen LogP contribution < -0.4 is 5.73 Å². The summed E-state index contributed by atoms with van der Waals surface area (Å²) in [7, 11) is 0. The van der Waals surface area contributed by atoms with Gasteiger partial charge >= 0.3 is 17.9 Å². The van der Waals surface area contributed by atoms with E-state index < -0.39 is 112 Å². The van der Waals surface area contributed by atoms with Crippen molar-refractivity contribution in [3.05, 3.63) is 0 Å². The maximum absolute atomic E-state index is 13.4. The van der Waals surface area contributed by atoms with Crippen molar-refractivity contribution in [2.75, 3.05) is 0 Å². The summed E-state index contributed by atoms with van der Waals surface area (Å²) in [6, 6.07) is -0.703. The molecule has 3 aliphatic heterocycles. The van der Waals surface area contributed by atoms with Gasteiger partial charge in [0.1, 0.15) is 24.4 Å². The summed E-state index contributed by atoms with van der Waals surface area (Å²) in [4.78, 5) is 39.6. The van der Waals surface area contributed by atoms with Gasteiger partial charge in [0.05, 0.1) is 23.7 Å². The molecule has 13 heteroatoms. The van der Waals surface area contributed by atoms with E-state index in [4.69, 9.17) is 34.2 Å². The number of carbonyl (C=O) groups excluding carboxylic acids is 3. The first-order valence-corrected chi connectivity index (χ1v) is 18.6. The monoisotopic (exact) mass is 705 g/mol. The van der Waals surface area contributed by atoms with Crippen molar-refractivity contribution < 1.29 is 58.1 Å². The summed E-state index contributed by atoms with van der Waals surface area (Å²) in [6.45, 7) is 16.1. The van der Waals surface area contributed by atoms with E-state index in [2.05, 4.69) is 6.92 Å². The Morgan fingerprint density at radius 1 is 1.00 bits per heavy atom. The Morgan fingerprint density at radius 2 is 1.66 bits per heavy atom. The Bertz CT molecular complexity index is 1490. The van der Waals surface area contributed by atoms with Crippen LogP contribution in [0.4, 0.5) is 0 Å². The molecule has 8 rings (SSSR count). The number of nitrogens with two attached hydrogens (primary N) is 1. The first-order valence-electron chi connectivity index (χ1n) is 18.6. The fourth-order valence-corrected chi connectivity index (χ4v) is 13.6. The minimum atomic E-state index is -2.00. The second kappa shape index (κ2) is 10.6. The molecule has 280 valence electrons. The zero-order chi connectivity index (χ0) is 36.4. The molecule has 0 aromatic carbocycles. The second-order valence-corrected chi connectivity index (χ2v) is 18.3. The van der Waals surface area contributed by atoms with Crippen LogP contribution in [0.25, 0.3) is 0 Å². The Balaban J connectivity index is 1.32. The van der Waals surface area contributed by atoms with Gasteiger partial charge in [-0.1, -0.05) is 34.6 Å². The first kappa shape index (κ1) is 35.2. The Hall–Kier alpha value is -1.87. The third kappa shape index (κ3) is 4.06. The summed E-state index contributed by atoms with van der Waals surface area (Å²) >= 11 is 0. The molecule has 8 fully saturated rings. The highest BCUT2D eigenvalue weighted by Crippen LogP contribution is 2.81. The lowest BCUT2D eigenvalue weighted by Gasteiger charge is -2.66. The van der Waals surface area contributed by atoms with Crippen molar-refractivity contribution in [2.45, 2.75) is 148 Å². The molecule has 0 aromatic heterocycles. The third-order valence-corrected chi connectivity index (χ3v) is 15.7. The molecule has 0 radical (unpaired) electrons. The van der Waals surface area contributed by atoms with Gasteiger partial charge in [-0.3, -0.25) is 9.59 Å². The van der Waals surface area contributed by atoms with Gasteiger partial charge in [-0.05, 0) is 62.2 Å². The van der Waals surface area contributed by atoms with E-state index >= 15 is 0 Å². The molecule has 3 heterocycles. The molecule has 13 nitrogen and oxygen atoms in total. The Labute approximate surface area is 293 Å². The van der Waals surface area contributed by atoms with Crippen molar-refractivity contribution in [3.63, 3.8) is 0 Å². The maximum atomic E-state index is 13.4. The van der Waals surface area contributed by atoms with Gasteiger partial charge in [0.15, 0.2) is 11.9 Å². The van der Waals surface area contributed by atoms with Crippen LogP contribution in [0.5, 0.6) is 0 Å². The van der Waals surface area contributed by atoms with Crippen molar-refractivity contribution in [2.24, 2.45) is 69.3 Å². The van der Waals surface area contributed by atoms with Crippen LogP contribution in [0.3, 0.4) is 0 Å². The highest BCUT2D eigenvalue weighted by atomic mass is 16.8. The van der Waals surface area contributed by atoms with Crippen molar-refractivity contribution in [3.8, 4) is 0 Å². The van der Waals surface area contributed by atoms with E-state index in [0.717, 1.165) is 0 Å². The smallest absolute Gasteiger partial charge is 0.341 e. The van der Waals surface area contributed by atoms with Crippen LogP contribution in [0.1, 0.15) is 81.6 Å². The molecular weight excluding hydrogens is 650 g/mol. The summed E-state index contributed by atoms with van der Waals surface area (Å²) in [5, 5.41) is 35.7. The van der Waals surface area contributed by atoms with Crippen LogP contribution >= 0.6 is 0 Å². The number of hydrogen-bond acceptors (Lipinski definition) is 13.